The Morgan fingerprint density at radius 1 is 1.22 bits per heavy atom. The van der Waals surface area contributed by atoms with Crippen molar-refractivity contribution in [3.8, 4) is 5.75 Å². The fourth-order valence-corrected chi connectivity index (χ4v) is 2.93. The van der Waals surface area contributed by atoms with Crippen molar-refractivity contribution in [2.45, 2.75) is 58.1 Å². The van der Waals surface area contributed by atoms with E-state index in [0.29, 0.717) is 10.8 Å². The fourth-order valence-electron chi connectivity index (χ4n) is 2.82. The monoisotopic (exact) mass is 396 g/mol. The van der Waals surface area contributed by atoms with Gasteiger partial charge in [-0.1, -0.05) is 30.9 Å². The van der Waals surface area contributed by atoms with E-state index in [1.807, 2.05) is 6.92 Å². The lowest BCUT2D eigenvalue weighted by Crippen LogP contribution is -2.48. The van der Waals surface area contributed by atoms with Crippen LogP contribution in [0.4, 0.5) is 4.79 Å². The quantitative estimate of drug-likeness (QED) is 0.720. The van der Waals surface area contributed by atoms with Gasteiger partial charge in [0.15, 0.2) is 12.7 Å². The molecule has 1 aromatic carbocycles. The number of carbonyl (C=O) groups excluding carboxylic acids is 3. The summed E-state index contributed by atoms with van der Waals surface area (Å²) in [6, 6.07) is 4.51. The molecular formula is C19H25ClN2O5. The maximum Gasteiger partial charge on any atom is 0.344 e. The molecule has 0 radical (unpaired) electrons. The Kier molecular flexibility index (Phi) is 7.91. The lowest BCUT2D eigenvalue weighted by Gasteiger charge is -2.23. The number of halogens is 1. The van der Waals surface area contributed by atoms with Crippen molar-refractivity contribution in [1.29, 1.82) is 0 Å². The first-order valence-electron chi connectivity index (χ1n) is 9.05. The highest BCUT2D eigenvalue weighted by atomic mass is 35.5. The second-order valence-electron chi connectivity index (χ2n) is 6.63. The lowest BCUT2D eigenvalue weighted by atomic mass is 9.96. The molecule has 27 heavy (non-hydrogen) atoms. The van der Waals surface area contributed by atoms with Crippen LogP contribution in [0.3, 0.4) is 0 Å². The smallest absolute Gasteiger partial charge is 0.344 e. The molecule has 7 nitrogen and oxygen atoms in total. The van der Waals surface area contributed by atoms with Crippen LogP contribution in [0.15, 0.2) is 18.2 Å². The van der Waals surface area contributed by atoms with Gasteiger partial charge in [0.25, 0.3) is 5.91 Å². The van der Waals surface area contributed by atoms with Crippen LogP contribution in [0, 0.1) is 6.92 Å². The van der Waals surface area contributed by atoms with Crippen LogP contribution >= 0.6 is 11.6 Å². The van der Waals surface area contributed by atoms with Crippen LogP contribution in [0.25, 0.3) is 0 Å². The number of carbonyl (C=O) groups is 3. The molecule has 1 aliphatic rings. The van der Waals surface area contributed by atoms with Gasteiger partial charge in [-0.15, -0.1) is 0 Å². The van der Waals surface area contributed by atoms with Crippen LogP contribution < -0.4 is 15.4 Å². The first-order valence-corrected chi connectivity index (χ1v) is 9.42. The molecule has 0 aromatic heterocycles. The normalized spacial score (nSPS) is 15.5. The molecule has 1 aliphatic carbocycles. The summed E-state index contributed by atoms with van der Waals surface area (Å²) < 4.78 is 10.3. The third kappa shape index (κ3) is 7.09. The Morgan fingerprint density at radius 2 is 1.93 bits per heavy atom. The lowest BCUT2D eigenvalue weighted by molar-refractivity contribution is -0.156. The average molecular weight is 397 g/mol. The summed E-state index contributed by atoms with van der Waals surface area (Å²) in [5.41, 5.74) is 0.819. The molecule has 0 saturated heterocycles. The molecule has 0 spiro atoms. The van der Waals surface area contributed by atoms with E-state index in [9.17, 15) is 14.4 Å². The molecule has 3 amide bonds. The molecular weight excluding hydrogens is 372 g/mol. The third-order valence-electron chi connectivity index (χ3n) is 4.34. The van der Waals surface area contributed by atoms with E-state index < -0.39 is 24.0 Å². The number of urea groups is 1. The molecule has 0 heterocycles. The molecule has 2 rings (SSSR count). The van der Waals surface area contributed by atoms with E-state index >= 15 is 0 Å². The van der Waals surface area contributed by atoms with Crippen LogP contribution in [0.5, 0.6) is 5.75 Å². The number of rotatable bonds is 6. The Balaban J connectivity index is 1.71. The Labute approximate surface area is 163 Å². The predicted molar refractivity (Wildman–Crippen MR) is 101 cm³/mol. The highest BCUT2D eigenvalue weighted by molar-refractivity contribution is 6.31. The van der Waals surface area contributed by atoms with Crippen molar-refractivity contribution in [2.24, 2.45) is 0 Å². The molecule has 1 atom stereocenters. The molecule has 148 valence electrons. The largest absolute Gasteiger partial charge is 0.482 e. The van der Waals surface area contributed by atoms with Crippen LogP contribution in [-0.4, -0.2) is 36.7 Å². The number of amides is 3. The van der Waals surface area contributed by atoms with Crippen molar-refractivity contribution >= 4 is 29.5 Å². The topological polar surface area (TPSA) is 93.7 Å². The van der Waals surface area contributed by atoms with E-state index in [1.54, 1.807) is 18.2 Å². The summed E-state index contributed by atoms with van der Waals surface area (Å²) in [5, 5.41) is 5.56. The molecule has 0 aliphatic heterocycles. The van der Waals surface area contributed by atoms with Crippen LogP contribution in [-0.2, 0) is 14.3 Å². The molecule has 2 N–H and O–H groups in total. The second-order valence-corrected chi connectivity index (χ2v) is 7.04. The molecule has 1 fully saturated rings. The first-order chi connectivity index (χ1) is 12.8. The number of hydrogen-bond acceptors (Lipinski definition) is 5. The van der Waals surface area contributed by atoms with Crippen molar-refractivity contribution in [1.82, 2.24) is 10.6 Å². The Bertz CT molecular complexity index is 689. The van der Waals surface area contributed by atoms with Gasteiger partial charge in [0.1, 0.15) is 5.75 Å². The number of imide groups is 1. The van der Waals surface area contributed by atoms with Crippen molar-refractivity contribution in [3.05, 3.63) is 28.8 Å². The van der Waals surface area contributed by atoms with Crippen molar-refractivity contribution in [2.75, 3.05) is 6.61 Å². The predicted octanol–water partition coefficient (Wildman–Crippen LogP) is 3.12. The third-order valence-corrected chi connectivity index (χ3v) is 4.76. The molecule has 1 unspecified atom stereocenters. The second kappa shape index (κ2) is 10.2. The first kappa shape index (κ1) is 21.0. The van der Waals surface area contributed by atoms with Gasteiger partial charge in [-0.2, -0.15) is 0 Å². The zero-order chi connectivity index (χ0) is 19.8. The summed E-state index contributed by atoms with van der Waals surface area (Å²) in [7, 11) is 0. The molecule has 0 bridgehead atoms. The maximum absolute atomic E-state index is 12.0. The maximum atomic E-state index is 12.0. The zero-order valence-corrected chi connectivity index (χ0v) is 16.3. The SMILES string of the molecule is Cc1cc(OCC(=O)OC(C)C(=O)NC(=O)NC2CCCCC2)ccc1Cl. The van der Waals surface area contributed by atoms with Crippen LogP contribution in [0.2, 0.25) is 5.02 Å². The van der Waals surface area contributed by atoms with E-state index in [-0.39, 0.29) is 12.6 Å². The van der Waals surface area contributed by atoms with Crippen LogP contribution in [0.1, 0.15) is 44.6 Å². The zero-order valence-electron chi connectivity index (χ0n) is 15.5. The fraction of sp³-hybridized carbons (Fsp3) is 0.526. The number of nitrogens with one attached hydrogen (secondary N) is 2. The Morgan fingerprint density at radius 3 is 2.59 bits per heavy atom. The van der Waals surface area contributed by atoms with Crippen molar-refractivity contribution < 1.29 is 23.9 Å². The minimum Gasteiger partial charge on any atom is -0.482 e. The van der Waals surface area contributed by atoms with Gasteiger partial charge in [0.2, 0.25) is 0 Å². The molecule has 1 saturated carbocycles. The molecule has 1 aromatic rings. The summed E-state index contributed by atoms with van der Waals surface area (Å²) in [6.07, 6.45) is 4.02. The summed E-state index contributed by atoms with van der Waals surface area (Å²) >= 11 is 5.93. The highest BCUT2D eigenvalue weighted by Gasteiger charge is 2.22. The number of esters is 1. The van der Waals surface area contributed by atoms with Crippen molar-refractivity contribution in [3.63, 3.8) is 0 Å². The van der Waals surface area contributed by atoms with Gasteiger partial charge in [-0.05, 0) is 50.5 Å². The van der Waals surface area contributed by atoms with Gasteiger partial charge in [0, 0.05) is 11.1 Å². The Hall–Kier alpha value is -2.28. The van der Waals surface area contributed by atoms with Gasteiger partial charge < -0.3 is 14.8 Å². The van der Waals surface area contributed by atoms with Gasteiger partial charge >= 0.3 is 12.0 Å². The van der Waals surface area contributed by atoms with E-state index in [4.69, 9.17) is 21.1 Å². The molecule has 8 heteroatoms. The minimum absolute atomic E-state index is 0.0839. The minimum atomic E-state index is -1.11. The number of benzene rings is 1. The standard InChI is InChI=1S/C19H25ClN2O5/c1-12-10-15(8-9-16(12)20)26-11-17(23)27-13(2)18(24)22-19(25)21-14-6-4-3-5-7-14/h8-10,13-14H,3-7,11H2,1-2H3,(H2,21,22,24,25). The van der Waals surface area contributed by atoms with E-state index in [0.717, 1.165) is 31.2 Å². The summed E-state index contributed by atoms with van der Waals surface area (Å²) in [6.45, 7) is 2.86. The average Bonchev–Trinajstić information content (AvgIpc) is 2.63. The highest BCUT2D eigenvalue weighted by Crippen LogP contribution is 2.21. The van der Waals surface area contributed by atoms with E-state index in [1.165, 1.54) is 13.3 Å². The van der Waals surface area contributed by atoms with Gasteiger partial charge in [0.05, 0.1) is 0 Å². The van der Waals surface area contributed by atoms with E-state index in [2.05, 4.69) is 10.6 Å². The number of ether oxygens (including phenoxy) is 2. The van der Waals surface area contributed by atoms with Gasteiger partial charge in [-0.3, -0.25) is 10.1 Å². The number of aryl methyl sites for hydroxylation is 1. The number of hydrogen-bond donors (Lipinski definition) is 2. The summed E-state index contributed by atoms with van der Waals surface area (Å²) in [5.74, 6) is -0.922. The summed E-state index contributed by atoms with van der Waals surface area (Å²) in [4.78, 5) is 35.7. The van der Waals surface area contributed by atoms with Gasteiger partial charge in [-0.25, -0.2) is 9.59 Å².